The van der Waals surface area contributed by atoms with E-state index in [1.165, 1.54) is 0 Å². The van der Waals surface area contributed by atoms with Crippen molar-refractivity contribution in [2.75, 3.05) is 0 Å². The maximum absolute atomic E-state index is 12.1. The summed E-state index contributed by atoms with van der Waals surface area (Å²) in [6, 6.07) is 3.25. The molecule has 1 heterocycles. The molecule has 74 valence electrons. The van der Waals surface area contributed by atoms with E-state index in [-0.39, 0.29) is 0 Å². The van der Waals surface area contributed by atoms with Crippen LogP contribution in [0.1, 0.15) is 22.6 Å². The Bertz CT molecular complexity index is 379. The molecule has 14 heavy (non-hydrogen) atoms. The molecule has 0 aliphatic rings. The number of hydrogen-bond acceptors (Lipinski definition) is 3. The zero-order chi connectivity index (χ0) is 10.7. The molecule has 1 aromatic rings. The monoisotopic (exact) mass is 201 g/mol. The fourth-order valence-electron chi connectivity index (χ4n) is 0.809. The molecule has 0 saturated heterocycles. The summed E-state index contributed by atoms with van der Waals surface area (Å²) >= 11 is 0. The minimum Gasteiger partial charge on any atom is -0.475 e. The van der Waals surface area contributed by atoms with Gasteiger partial charge in [-0.25, -0.2) is 18.6 Å². The van der Waals surface area contributed by atoms with Crippen LogP contribution < -0.4 is 0 Å². The molecule has 0 bridgehead atoms. The number of carboxylic acids is 1. The second-order valence-electron chi connectivity index (χ2n) is 2.38. The van der Waals surface area contributed by atoms with Gasteiger partial charge >= 0.3 is 5.97 Å². The number of nitrogens with zero attached hydrogens (tertiary/aromatic N) is 1. The number of halogens is 2. The number of aliphatic carboxylic acids is 1. The van der Waals surface area contributed by atoms with Gasteiger partial charge in [-0.15, -0.1) is 0 Å². The average molecular weight is 201 g/mol. The largest absolute Gasteiger partial charge is 0.475 e. The highest BCUT2D eigenvalue weighted by Crippen LogP contribution is 2.16. The predicted molar refractivity (Wildman–Crippen MR) is 41.2 cm³/mol. The SMILES string of the molecule is O=C(O)C(=O)c1cccc(C(F)F)n1. The quantitative estimate of drug-likeness (QED) is 0.591. The van der Waals surface area contributed by atoms with Gasteiger partial charge in [0.1, 0.15) is 11.4 Å². The van der Waals surface area contributed by atoms with E-state index in [4.69, 9.17) is 5.11 Å². The van der Waals surface area contributed by atoms with Gasteiger partial charge in [-0.1, -0.05) is 6.07 Å². The van der Waals surface area contributed by atoms with Crippen molar-refractivity contribution in [2.45, 2.75) is 6.43 Å². The maximum Gasteiger partial charge on any atom is 0.378 e. The Morgan fingerprint density at radius 2 is 2.00 bits per heavy atom. The third kappa shape index (κ3) is 2.09. The van der Waals surface area contributed by atoms with Crippen molar-refractivity contribution in [1.29, 1.82) is 0 Å². The number of ketones is 1. The normalized spacial score (nSPS) is 10.2. The Hall–Kier alpha value is -1.85. The molecule has 0 atom stereocenters. The number of rotatable bonds is 3. The van der Waals surface area contributed by atoms with Crippen LogP contribution in [-0.2, 0) is 4.79 Å². The second-order valence-corrected chi connectivity index (χ2v) is 2.38. The molecule has 0 saturated carbocycles. The highest BCUT2D eigenvalue weighted by Gasteiger charge is 2.18. The smallest absolute Gasteiger partial charge is 0.378 e. The molecule has 0 unspecified atom stereocenters. The molecular formula is C8H5F2NO3. The lowest BCUT2D eigenvalue weighted by molar-refractivity contribution is -0.131. The lowest BCUT2D eigenvalue weighted by Crippen LogP contribution is -2.15. The Morgan fingerprint density at radius 3 is 2.50 bits per heavy atom. The Morgan fingerprint density at radius 1 is 1.36 bits per heavy atom. The summed E-state index contributed by atoms with van der Waals surface area (Å²) < 4.78 is 24.2. The first-order valence-electron chi connectivity index (χ1n) is 3.55. The Balaban J connectivity index is 3.06. The molecule has 0 radical (unpaired) electrons. The molecule has 0 aromatic carbocycles. The van der Waals surface area contributed by atoms with Crippen LogP contribution >= 0.6 is 0 Å². The van der Waals surface area contributed by atoms with Gasteiger partial charge in [0, 0.05) is 0 Å². The van der Waals surface area contributed by atoms with E-state index in [2.05, 4.69) is 4.98 Å². The van der Waals surface area contributed by atoms with E-state index in [1.807, 2.05) is 0 Å². The molecule has 1 N–H and O–H groups in total. The van der Waals surface area contributed by atoms with E-state index >= 15 is 0 Å². The van der Waals surface area contributed by atoms with E-state index in [9.17, 15) is 18.4 Å². The third-order valence-corrected chi connectivity index (χ3v) is 1.42. The number of Topliss-reactive ketones (excluding diaryl/α,β-unsaturated/α-hetero) is 1. The van der Waals surface area contributed by atoms with Gasteiger partial charge in [-0.2, -0.15) is 0 Å². The van der Waals surface area contributed by atoms with Crippen LogP contribution in [0.3, 0.4) is 0 Å². The van der Waals surface area contributed by atoms with Crippen molar-refractivity contribution in [3.63, 3.8) is 0 Å². The molecule has 1 rings (SSSR count). The van der Waals surface area contributed by atoms with Crippen molar-refractivity contribution < 1.29 is 23.5 Å². The molecule has 0 fully saturated rings. The minimum absolute atomic E-state index is 0.490. The third-order valence-electron chi connectivity index (χ3n) is 1.42. The summed E-state index contributed by atoms with van der Waals surface area (Å²) in [5.74, 6) is -3.02. The first-order chi connectivity index (χ1) is 6.52. The first-order valence-corrected chi connectivity index (χ1v) is 3.55. The topological polar surface area (TPSA) is 67.3 Å². The molecule has 0 amide bonds. The number of hydrogen-bond donors (Lipinski definition) is 1. The summed E-state index contributed by atoms with van der Waals surface area (Å²) in [6.07, 6.45) is -2.82. The van der Waals surface area contributed by atoms with Crippen molar-refractivity contribution in [2.24, 2.45) is 0 Å². The predicted octanol–water partition coefficient (Wildman–Crippen LogP) is 1.29. The van der Waals surface area contributed by atoms with Crippen molar-refractivity contribution in [1.82, 2.24) is 4.98 Å². The number of alkyl halides is 2. The maximum atomic E-state index is 12.1. The van der Waals surface area contributed by atoms with Gasteiger partial charge in [-0.05, 0) is 12.1 Å². The molecule has 0 spiro atoms. The second kappa shape index (κ2) is 3.91. The van der Waals surface area contributed by atoms with E-state index in [1.54, 1.807) is 0 Å². The van der Waals surface area contributed by atoms with Gasteiger partial charge in [0.05, 0.1) is 0 Å². The summed E-state index contributed by atoms with van der Waals surface area (Å²) in [5.41, 5.74) is -1.10. The molecule has 0 aliphatic heterocycles. The number of aromatic nitrogens is 1. The Labute approximate surface area is 77.2 Å². The van der Waals surface area contributed by atoms with Crippen LogP contribution in [0.2, 0.25) is 0 Å². The van der Waals surface area contributed by atoms with Crippen LogP contribution in [0, 0.1) is 0 Å². The molecule has 0 aliphatic carbocycles. The van der Waals surface area contributed by atoms with Gasteiger partial charge in [0.25, 0.3) is 12.2 Å². The van der Waals surface area contributed by atoms with Crippen molar-refractivity contribution >= 4 is 11.8 Å². The number of carbonyl (C=O) groups is 2. The summed E-state index contributed by atoms with van der Waals surface area (Å²) in [7, 11) is 0. The van der Waals surface area contributed by atoms with Crippen molar-refractivity contribution in [3.8, 4) is 0 Å². The summed E-state index contributed by atoms with van der Waals surface area (Å²) in [5, 5.41) is 8.29. The summed E-state index contributed by atoms with van der Waals surface area (Å²) in [4.78, 5) is 24.2. The molecular weight excluding hydrogens is 196 g/mol. The lowest BCUT2D eigenvalue weighted by Gasteiger charge is -1.99. The molecule has 4 nitrogen and oxygen atoms in total. The van der Waals surface area contributed by atoms with Crippen LogP contribution in [0.4, 0.5) is 8.78 Å². The number of pyridine rings is 1. The average Bonchev–Trinajstić information content (AvgIpc) is 2.16. The van der Waals surface area contributed by atoms with E-state index in [0.29, 0.717) is 0 Å². The van der Waals surface area contributed by atoms with Crippen LogP contribution in [-0.4, -0.2) is 21.8 Å². The zero-order valence-corrected chi connectivity index (χ0v) is 6.78. The van der Waals surface area contributed by atoms with Gasteiger partial charge in [0.2, 0.25) is 0 Å². The minimum atomic E-state index is -2.82. The number of carboxylic acid groups (broad SMARTS) is 1. The number of carbonyl (C=O) groups excluding carboxylic acids is 1. The standard InChI is InChI=1S/C8H5F2NO3/c9-7(10)5-3-1-2-4(11-5)6(12)8(13)14/h1-3,7H,(H,13,14). The molecule has 6 heteroatoms. The molecule has 1 aromatic heterocycles. The lowest BCUT2D eigenvalue weighted by atomic mass is 10.2. The highest BCUT2D eigenvalue weighted by atomic mass is 19.3. The van der Waals surface area contributed by atoms with Crippen LogP contribution in [0.5, 0.6) is 0 Å². The van der Waals surface area contributed by atoms with Crippen molar-refractivity contribution in [3.05, 3.63) is 29.6 Å². The van der Waals surface area contributed by atoms with Crippen LogP contribution in [0.25, 0.3) is 0 Å². The van der Waals surface area contributed by atoms with E-state index < -0.39 is 29.6 Å². The van der Waals surface area contributed by atoms with Gasteiger partial charge in [-0.3, -0.25) is 4.79 Å². The first kappa shape index (κ1) is 10.2. The zero-order valence-electron chi connectivity index (χ0n) is 6.78. The van der Waals surface area contributed by atoms with Gasteiger partial charge < -0.3 is 5.11 Å². The van der Waals surface area contributed by atoms with Crippen LogP contribution in [0.15, 0.2) is 18.2 Å². The van der Waals surface area contributed by atoms with Gasteiger partial charge in [0.15, 0.2) is 0 Å². The fraction of sp³-hybridized carbons (Fsp3) is 0.125. The Kier molecular flexibility index (Phi) is 2.85. The van der Waals surface area contributed by atoms with E-state index in [0.717, 1.165) is 18.2 Å². The summed E-state index contributed by atoms with van der Waals surface area (Å²) in [6.45, 7) is 0. The highest BCUT2D eigenvalue weighted by molar-refractivity contribution is 6.39. The fourth-order valence-corrected chi connectivity index (χ4v) is 0.809.